The van der Waals surface area contributed by atoms with Gasteiger partial charge in [-0.1, -0.05) is 20.8 Å². The van der Waals surface area contributed by atoms with E-state index in [0.717, 1.165) is 6.42 Å². The zero-order chi connectivity index (χ0) is 35.4. The number of ether oxygens (including phenoxy) is 2. The van der Waals surface area contributed by atoms with E-state index in [-0.39, 0.29) is 30.7 Å². The average molecular weight is 685 g/mol. The molecule has 3 heterocycles. The van der Waals surface area contributed by atoms with E-state index in [1.807, 2.05) is 6.92 Å². The first-order valence-corrected chi connectivity index (χ1v) is 19.5. The summed E-state index contributed by atoms with van der Waals surface area (Å²) in [7, 11) is -2.20. The number of hydrogen-bond donors (Lipinski definition) is 3. The third-order valence-electron chi connectivity index (χ3n) is 8.71. The summed E-state index contributed by atoms with van der Waals surface area (Å²) in [5.74, 6) is 1.40. The lowest BCUT2D eigenvalue weighted by molar-refractivity contribution is 0.0596. The Morgan fingerprint density at radius 3 is 2.42 bits per heavy atom. The van der Waals surface area contributed by atoms with Crippen molar-refractivity contribution in [2.24, 2.45) is 0 Å². The Morgan fingerprint density at radius 2 is 1.81 bits per heavy atom. The van der Waals surface area contributed by atoms with Crippen LogP contribution in [0.3, 0.4) is 0 Å². The number of benzene rings is 1. The molecule has 3 N–H and O–H groups in total. The first-order valence-electron chi connectivity index (χ1n) is 16.6. The number of carbonyl (C=O) groups excluding carboxylic acids is 1. The second-order valence-corrected chi connectivity index (χ2v) is 19.6. The van der Waals surface area contributed by atoms with Gasteiger partial charge in [-0.3, -0.25) is 0 Å². The molecular weight excluding hydrogens is 632 g/mol. The number of aliphatic hydroxyl groups is 1. The number of carboxylic acid groups (broad SMARTS) is 1. The number of piperidine rings is 1. The molecule has 14 heteroatoms. The van der Waals surface area contributed by atoms with E-state index in [4.69, 9.17) is 18.9 Å². The molecule has 1 aromatic carbocycles. The van der Waals surface area contributed by atoms with Crippen LogP contribution in [0.5, 0.6) is 5.75 Å². The summed E-state index contributed by atoms with van der Waals surface area (Å²) >= 11 is 0. The number of fused-ring (bicyclic) bond motifs is 1. The fraction of sp³-hybridized carbons (Fsp3) is 0.588. The summed E-state index contributed by atoms with van der Waals surface area (Å²) in [5, 5.41) is 29.3. The normalized spacial score (nSPS) is 16.5. The van der Waals surface area contributed by atoms with Gasteiger partial charge in [0.1, 0.15) is 17.2 Å². The van der Waals surface area contributed by atoms with E-state index in [9.17, 15) is 19.8 Å². The Labute approximate surface area is 284 Å². The molecule has 0 bridgehead atoms. The second kappa shape index (κ2) is 14.7. The minimum absolute atomic E-state index is 0.0563. The number of nitrogens with one attached hydrogen (secondary N) is 1. The number of anilines is 3. The van der Waals surface area contributed by atoms with Crippen LogP contribution in [0, 0.1) is 0 Å². The van der Waals surface area contributed by atoms with Gasteiger partial charge in [-0.2, -0.15) is 9.61 Å². The van der Waals surface area contributed by atoms with Crippen LogP contribution in [0.25, 0.3) is 5.65 Å². The molecule has 48 heavy (non-hydrogen) atoms. The van der Waals surface area contributed by atoms with E-state index in [2.05, 4.69) is 44.3 Å². The van der Waals surface area contributed by atoms with Crippen molar-refractivity contribution in [2.75, 3.05) is 36.5 Å². The Balaban J connectivity index is 1.89. The van der Waals surface area contributed by atoms with Crippen molar-refractivity contribution in [3.8, 4) is 5.75 Å². The van der Waals surface area contributed by atoms with E-state index < -0.39 is 32.2 Å². The molecule has 1 saturated heterocycles. The van der Waals surface area contributed by atoms with Crippen LogP contribution < -0.4 is 15.0 Å². The highest BCUT2D eigenvalue weighted by atomic mass is 28.4. The molecule has 2 amide bonds. The Hall–Kier alpha value is -3.88. The van der Waals surface area contributed by atoms with Gasteiger partial charge in [0.05, 0.1) is 31.2 Å². The quantitative estimate of drug-likeness (QED) is 0.187. The lowest BCUT2D eigenvalue weighted by atomic mass is 10.0. The molecule has 1 fully saturated rings. The van der Waals surface area contributed by atoms with Crippen LogP contribution in [-0.4, -0.2) is 94.3 Å². The zero-order valence-electron chi connectivity index (χ0n) is 29.7. The predicted octanol–water partition coefficient (Wildman–Crippen LogP) is 6.68. The van der Waals surface area contributed by atoms with Crippen molar-refractivity contribution >= 4 is 43.5 Å². The zero-order valence-corrected chi connectivity index (χ0v) is 30.7. The monoisotopic (exact) mass is 684 g/mol. The molecule has 0 aliphatic carbocycles. The molecule has 1 unspecified atom stereocenters. The molecule has 0 spiro atoms. The molecule has 3 aromatic rings. The van der Waals surface area contributed by atoms with Gasteiger partial charge >= 0.3 is 12.2 Å². The lowest BCUT2D eigenvalue weighted by Gasteiger charge is -2.37. The van der Waals surface area contributed by atoms with Crippen molar-refractivity contribution in [3.63, 3.8) is 0 Å². The van der Waals surface area contributed by atoms with Gasteiger partial charge in [-0.25, -0.2) is 19.5 Å². The molecule has 0 saturated carbocycles. The molecule has 13 nitrogen and oxygen atoms in total. The first-order chi connectivity index (χ1) is 22.4. The van der Waals surface area contributed by atoms with Crippen LogP contribution in [0.1, 0.15) is 66.9 Å². The summed E-state index contributed by atoms with van der Waals surface area (Å²) in [6, 6.07) is 8.57. The van der Waals surface area contributed by atoms with Crippen LogP contribution in [0.2, 0.25) is 18.1 Å². The molecule has 0 radical (unpaired) electrons. The fourth-order valence-electron chi connectivity index (χ4n) is 5.25. The smallest absolute Gasteiger partial charge is 0.420 e. The number of nitrogens with zero attached hydrogens (tertiary/aromatic N) is 5. The lowest BCUT2D eigenvalue weighted by Crippen LogP contribution is -2.45. The molecule has 264 valence electrons. The molecular formula is C34H52N6O7Si. The van der Waals surface area contributed by atoms with E-state index in [1.165, 1.54) is 9.80 Å². The maximum Gasteiger partial charge on any atom is 0.420 e. The van der Waals surface area contributed by atoms with Gasteiger partial charge in [0.2, 0.25) is 0 Å². The Kier molecular flexibility index (Phi) is 11.3. The van der Waals surface area contributed by atoms with Gasteiger partial charge in [0.15, 0.2) is 19.8 Å². The number of amides is 2. The predicted molar refractivity (Wildman–Crippen MR) is 188 cm³/mol. The van der Waals surface area contributed by atoms with Gasteiger partial charge in [0, 0.05) is 37.2 Å². The largest absolute Gasteiger partial charge is 0.494 e. The van der Waals surface area contributed by atoms with Crippen molar-refractivity contribution < 1.29 is 33.7 Å². The SMILES string of the molecule is CCOc1ccc(N(C(=O)OC(C)(C)C)c2c(C[C@H](O)CO[Si](C)(C)C(C)(C)C)c(NC3CCCN(C(=O)O)C3)nc3ccnn23)cc1. The number of carbonyl (C=O) groups is 2. The maximum absolute atomic E-state index is 14.2. The summed E-state index contributed by atoms with van der Waals surface area (Å²) in [6.45, 7) is 19.3. The van der Waals surface area contributed by atoms with Crippen LogP contribution in [0.4, 0.5) is 26.9 Å². The van der Waals surface area contributed by atoms with E-state index in [1.54, 1.807) is 61.8 Å². The molecule has 2 aromatic heterocycles. The fourth-order valence-corrected chi connectivity index (χ4v) is 6.30. The summed E-state index contributed by atoms with van der Waals surface area (Å²) in [6.07, 6.45) is 0.456. The summed E-state index contributed by atoms with van der Waals surface area (Å²) in [5.41, 5.74) is 0.625. The topological polar surface area (TPSA) is 151 Å². The van der Waals surface area contributed by atoms with Gasteiger partial charge in [-0.15, -0.1) is 0 Å². The number of hydrogen-bond acceptors (Lipinski definition) is 9. The van der Waals surface area contributed by atoms with Crippen LogP contribution >= 0.6 is 0 Å². The Morgan fingerprint density at radius 1 is 1.12 bits per heavy atom. The third kappa shape index (κ3) is 8.97. The summed E-state index contributed by atoms with van der Waals surface area (Å²) < 4.78 is 19.6. The molecule has 1 aliphatic heterocycles. The van der Waals surface area contributed by atoms with Crippen LogP contribution in [-0.2, 0) is 15.6 Å². The number of likely N-dealkylation sites (tertiary alicyclic amines) is 1. The number of rotatable bonds is 11. The van der Waals surface area contributed by atoms with E-state index in [0.29, 0.717) is 53.9 Å². The number of aromatic nitrogens is 3. The third-order valence-corrected chi connectivity index (χ3v) is 13.2. The molecule has 2 atom stereocenters. The van der Waals surface area contributed by atoms with Crippen molar-refractivity contribution in [1.82, 2.24) is 19.5 Å². The average Bonchev–Trinajstić information content (AvgIpc) is 3.45. The highest BCUT2D eigenvalue weighted by Gasteiger charge is 2.38. The maximum atomic E-state index is 14.2. The second-order valence-electron chi connectivity index (χ2n) is 14.7. The van der Waals surface area contributed by atoms with Crippen molar-refractivity contribution in [1.29, 1.82) is 0 Å². The highest BCUT2D eigenvalue weighted by molar-refractivity contribution is 6.74. The minimum atomic E-state index is -2.20. The number of aliphatic hydroxyl groups excluding tert-OH is 1. The molecule has 1 aliphatic rings. The first kappa shape index (κ1) is 36.9. The molecule has 4 rings (SSSR count). The Bertz CT molecular complexity index is 1560. The van der Waals surface area contributed by atoms with E-state index >= 15 is 0 Å². The minimum Gasteiger partial charge on any atom is -0.494 e. The standard InChI is InChI=1S/C34H52N6O7Si/c1-10-45-26-15-13-24(14-16-26)39(32(44)47-33(2,3)4)30-27(20-25(41)22-46-48(8,9)34(5,6)7)29(37-28-17-18-35-40(28)30)36-23-12-11-19-38(21-23)31(42)43/h13-18,23,25,41H,10-12,19-22H2,1-9H3,(H,36,37)(H,42,43)/t23?,25-/m0/s1. The van der Waals surface area contributed by atoms with Crippen molar-refractivity contribution in [3.05, 3.63) is 42.1 Å². The van der Waals surface area contributed by atoms with Gasteiger partial charge in [0.25, 0.3) is 0 Å². The van der Waals surface area contributed by atoms with Gasteiger partial charge in [-0.05, 0) is 82.9 Å². The van der Waals surface area contributed by atoms with Gasteiger partial charge < -0.3 is 34.3 Å². The highest BCUT2D eigenvalue weighted by Crippen LogP contribution is 2.38. The summed E-state index contributed by atoms with van der Waals surface area (Å²) in [4.78, 5) is 33.8. The van der Waals surface area contributed by atoms with Crippen LogP contribution in [0.15, 0.2) is 36.5 Å². The van der Waals surface area contributed by atoms with Crippen molar-refractivity contribution in [2.45, 2.75) is 104 Å².